The second kappa shape index (κ2) is 6.08. The van der Waals surface area contributed by atoms with Crippen LogP contribution in [0, 0.1) is 23.0 Å². The fourth-order valence-electron chi connectivity index (χ4n) is 3.13. The van der Waals surface area contributed by atoms with Crippen molar-refractivity contribution < 1.29 is 13.6 Å². The zero-order valence-corrected chi connectivity index (χ0v) is 13.4. The van der Waals surface area contributed by atoms with Crippen LogP contribution in [0.25, 0.3) is 5.69 Å². The molecule has 0 bridgehead atoms. The lowest BCUT2D eigenvalue weighted by molar-refractivity contribution is -0.116. The number of anilines is 1. The molecule has 7 heteroatoms. The SMILES string of the molecule is N#Cc1ccc([C@@H]2CC(=O)Nc3c2ncn3-c2cc(F)ccc2F)cc1. The lowest BCUT2D eigenvalue weighted by Gasteiger charge is -2.23. The smallest absolute Gasteiger partial charge is 0.226 e. The third-order valence-corrected chi connectivity index (χ3v) is 4.38. The zero-order valence-electron chi connectivity index (χ0n) is 13.4. The van der Waals surface area contributed by atoms with Gasteiger partial charge in [-0.3, -0.25) is 9.36 Å². The van der Waals surface area contributed by atoms with Gasteiger partial charge < -0.3 is 5.32 Å². The Labute approximate surface area is 147 Å². The molecule has 0 saturated heterocycles. The van der Waals surface area contributed by atoms with Crippen molar-refractivity contribution in [3.8, 4) is 11.8 Å². The molecule has 128 valence electrons. The van der Waals surface area contributed by atoms with Crippen LogP contribution in [0.1, 0.15) is 29.2 Å². The van der Waals surface area contributed by atoms with E-state index in [0.717, 1.165) is 23.8 Å². The van der Waals surface area contributed by atoms with Crippen molar-refractivity contribution in [2.24, 2.45) is 0 Å². The number of carbonyl (C=O) groups excluding carboxylic acids is 1. The molecule has 1 atom stereocenters. The Kier molecular flexibility index (Phi) is 3.73. The Bertz CT molecular complexity index is 1050. The van der Waals surface area contributed by atoms with Crippen molar-refractivity contribution in [2.45, 2.75) is 12.3 Å². The molecule has 3 aromatic rings. The first-order valence-corrected chi connectivity index (χ1v) is 7.89. The minimum absolute atomic E-state index is 0.0282. The third-order valence-electron chi connectivity index (χ3n) is 4.38. The van der Waals surface area contributed by atoms with E-state index >= 15 is 0 Å². The predicted octanol–water partition coefficient (Wildman–Crippen LogP) is 3.50. The number of nitriles is 1. The summed E-state index contributed by atoms with van der Waals surface area (Å²) in [5.74, 6) is -1.47. The Morgan fingerprint density at radius 2 is 1.96 bits per heavy atom. The number of nitrogens with one attached hydrogen (secondary N) is 1. The fourth-order valence-corrected chi connectivity index (χ4v) is 3.13. The number of amides is 1. The lowest BCUT2D eigenvalue weighted by atomic mass is 9.89. The van der Waals surface area contributed by atoms with Crippen molar-refractivity contribution in [3.63, 3.8) is 0 Å². The van der Waals surface area contributed by atoms with Crippen molar-refractivity contribution in [1.29, 1.82) is 5.26 Å². The molecule has 2 aromatic carbocycles. The van der Waals surface area contributed by atoms with Crippen molar-refractivity contribution in [2.75, 3.05) is 5.32 Å². The van der Waals surface area contributed by atoms with Crippen LogP contribution in [0.2, 0.25) is 0 Å². The predicted molar refractivity (Wildman–Crippen MR) is 89.7 cm³/mol. The highest BCUT2D eigenvalue weighted by atomic mass is 19.1. The van der Waals surface area contributed by atoms with E-state index in [9.17, 15) is 13.6 Å². The molecule has 1 N–H and O–H groups in total. The van der Waals surface area contributed by atoms with E-state index in [0.29, 0.717) is 17.1 Å². The number of rotatable bonds is 2. The summed E-state index contributed by atoms with van der Waals surface area (Å²) in [5.41, 5.74) is 1.88. The number of aromatic nitrogens is 2. The van der Waals surface area contributed by atoms with Gasteiger partial charge in [-0.1, -0.05) is 12.1 Å². The number of hydrogen-bond acceptors (Lipinski definition) is 3. The molecule has 1 amide bonds. The summed E-state index contributed by atoms with van der Waals surface area (Å²) < 4.78 is 29.0. The van der Waals surface area contributed by atoms with E-state index in [2.05, 4.69) is 10.3 Å². The Morgan fingerprint density at radius 1 is 1.19 bits per heavy atom. The Hall–Kier alpha value is -3.53. The number of carbonyl (C=O) groups is 1. The van der Waals surface area contributed by atoms with Gasteiger partial charge in [0.1, 0.15) is 23.8 Å². The third kappa shape index (κ3) is 2.62. The molecule has 1 aliphatic rings. The molecule has 0 aliphatic carbocycles. The van der Waals surface area contributed by atoms with Gasteiger partial charge in [0, 0.05) is 18.4 Å². The van der Waals surface area contributed by atoms with Crippen molar-refractivity contribution >= 4 is 11.7 Å². The van der Waals surface area contributed by atoms with Gasteiger partial charge in [0.25, 0.3) is 0 Å². The highest BCUT2D eigenvalue weighted by Gasteiger charge is 2.31. The zero-order chi connectivity index (χ0) is 18.3. The normalized spacial score (nSPS) is 15.9. The molecule has 5 nitrogen and oxygen atoms in total. The second-order valence-corrected chi connectivity index (χ2v) is 5.98. The minimum Gasteiger partial charge on any atom is -0.310 e. The van der Waals surface area contributed by atoms with E-state index in [1.165, 1.54) is 10.9 Å². The lowest BCUT2D eigenvalue weighted by Crippen LogP contribution is -2.25. The van der Waals surface area contributed by atoms with Crippen LogP contribution in [0.3, 0.4) is 0 Å². The summed E-state index contributed by atoms with van der Waals surface area (Å²) in [4.78, 5) is 16.5. The first-order valence-electron chi connectivity index (χ1n) is 7.89. The first kappa shape index (κ1) is 16.0. The Balaban J connectivity index is 1.82. The highest BCUT2D eigenvalue weighted by molar-refractivity contribution is 5.94. The average molecular weight is 350 g/mol. The summed E-state index contributed by atoms with van der Waals surface area (Å²) in [6, 6.07) is 12.0. The minimum atomic E-state index is -0.624. The molecule has 0 spiro atoms. The molecule has 0 unspecified atom stereocenters. The topological polar surface area (TPSA) is 70.7 Å². The summed E-state index contributed by atoms with van der Waals surface area (Å²) in [5, 5.41) is 11.6. The number of hydrogen-bond donors (Lipinski definition) is 1. The quantitative estimate of drug-likeness (QED) is 0.769. The van der Waals surface area contributed by atoms with Gasteiger partial charge in [0.15, 0.2) is 0 Å². The van der Waals surface area contributed by atoms with Gasteiger partial charge in [-0.2, -0.15) is 5.26 Å². The molecule has 2 heterocycles. The second-order valence-electron chi connectivity index (χ2n) is 5.98. The largest absolute Gasteiger partial charge is 0.310 e. The van der Waals surface area contributed by atoms with Crippen LogP contribution < -0.4 is 5.32 Å². The maximum absolute atomic E-state index is 14.1. The maximum Gasteiger partial charge on any atom is 0.226 e. The van der Waals surface area contributed by atoms with Gasteiger partial charge in [-0.05, 0) is 29.8 Å². The average Bonchev–Trinajstić information content (AvgIpc) is 3.06. The van der Waals surface area contributed by atoms with E-state index in [4.69, 9.17) is 5.26 Å². The van der Waals surface area contributed by atoms with Gasteiger partial charge in [-0.25, -0.2) is 13.8 Å². The molecular weight excluding hydrogens is 338 g/mol. The van der Waals surface area contributed by atoms with E-state index < -0.39 is 11.6 Å². The van der Waals surface area contributed by atoms with Crippen LogP contribution in [0.5, 0.6) is 0 Å². The number of benzene rings is 2. The summed E-state index contributed by atoms with van der Waals surface area (Å²) >= 11 is 0. The summed E-state index contributed by atoms with van der Waals surface area (Å²) in [6.07, 6.45) is 1.55. The Morgan fingerprint density at radius 3 is 2.69 bits per heavy atom. The van der Waals surface area contributed by atoms with E-state index in [1.54, 1.807) is 24.3 Å². The molecule has 4 rings (SSSR count). The van der Waals surface area contributed by atoms with Crippen LogP contribution in [0.15, 0.2) is 48.8 Å². The van der Waals surface area contributed by atoms with Crippen molar-refractivity contribution in [3.05, 3.63) is 77.2 Å². The molecule has 0 fully saturated rings. The van der Waals surface area contributed by atoms with E-state index in [1.807, 2.05) is 6.07 Å². The molecule has 0 radical (unpaired) electrons. The monoisotopic (exact) mass is 350 g/mol. The molecule has 0 saturated carbocycles. The van der Waals surface area contributed by atoms with Crippen LogP contribution in [-0.2, 0) is 4.79 Å². The highest BCUT2D eigenvalue weighted by Crippen LogP contribution is 2.37. The molecule has 1 aliphatic heterocycles. The molecular formula is C19H12F2N4O. The van der Waals surface area contributed by atoms with Crippen molar-refractivity contribution in [1.82, 2.24) is 9.55 Å². The summed E-state index contributed by atoms with van der Waals surface area (Å²) in [6.45, 7) is 0. The fraction of sp³-hybridized carbons (Fsp3) is 0.105. The van der Waals surface area contributed by atoms with E-state index in [-0.39, 0.29) is 23.9 Å². The van der Waals surface area contributed by atoms with Crippen LogP contribution >= 0.6 is 0 Å². The first-order chi connectivity index (χ1) is 12.6. The van der Waals surface area contributed by atoms with Gasteiger partial charge in [0.05, 0.1) is 23.0 Å². The van der Waals surface area contributed by atoms with Gasteiger partial charge >= 0.3 is 0 Å². The number of nitrogens with zero attached hydrogens (tertiary/aromatic N) is 3. The standard InChI is InChI=1S/C19H12F2N4O/c20-13-5-6-15(21)16(7-13)25-10-23-18-14(8-17(26)24-19(18)25)12-3-1-11(9-22)2-4-12/h1-7,10,14H,8H2,(H,24,26)/t14-/m0/s1. The molecule has 26 heavy (non-hydrogen) atoms. The number of imidazole rings is 1. The number of fused-ring (bicyclic) bond motifs is 1. The van der Waals surface area contributed by atoms with Crippen LogP contribution in [-0.4, -0.2) is 15.5 Å². The van der Waals surface area contributed by atoms with Crippen LogP contribution in [0.4, 0.5) is 14.6 Å². The van der Waals surface area contributed by atoms with Gasteiger partial charge in [-0.15, -0.1) is 0 Å². The summed E-state index contributed by atoms with van der Waals surface area (Å²) in [7, 11) is 0. The van der Waals surface area contributed by atoms with Gasteiger partial charge in [0.2, 0.25) is 5.91 Å². The molecule has 1 aromatic heterocycles. The number of halogens is 2. The maximum atomic E-state index is 14.1.